The lowest BCUT2D eigenvalue weighted by molar-refractivity contribution is -0.384. The third kappa shape index (κ3) is 5.87. The van der Waals surface area contributed by atoms with Crippen molar-refractivity contribution in [1.82, 2.24) is 10.2 Å². The largest absolute Gasteiger partial charge is 0.379 e. The molecule has 1 fully saturated rings. The monoisotopic (exact) mass is 426 g/mol. The number of nitro benzene ring substituents is 1. The van der Waals surface area contributed by atoms with E-state index in [2.05, 4.69) is 15.5 Å². The summed E-state index contributed by atoms with van der Waals surface area (Å²) in [5, 5.41) is 16.2. The van der Waals surface area contributed by atoms with Crippen molar-refractivity contribution in [3.05, 3.63) is 69.3 Å². The molecule has 0 radical (unpaired) electrons. The van der Waals surface area contributed by atoms with Gasteiger partial charge in [-0.05, 0) is 31.0 Å². The highest BCUT2D eigenvalue weighted by atomic mass is 16.6. The molecular formula is C22H26N4O5. The number of amides is 2. The number of aryl methyl sites for hydroxylation is 2. The van der Waals surface area contributed by atoms with Gasteiger partial charge in [0.25, 0.3) is 5.69 Å². The lowest BCUT2D eigenvalue weighted by Crippen LogP contribution is -2.45. The van der Waals surface area contributed by atoms with E-state index in [1.54, 1.807) is 13.0 Å². The molecule has 164 valence electrons. The number of hydrogen-bond acceptors (Lipinski definition) is 6. The second-order valence-corrected chi connectivity index (χ2v) is 7.52. The van der Waals surface area contributed by atoms with E-state index in [1.165, 1.54) is 12.1 Å². The standard InChI is InChI=1S/C22H26N4O5/c1-15-3-6-17(7-4-15)20(25-9-11-31-12-10-25)14-23-21(27)22(28)24-18-8-5-16(2)13-19(18)26(29)30/h3-8,13,20H,9-12,14H2,1-2H3,(H,23,27)(H,24,28)/t20-/m1/s1. The number of carbonyl (C=O) groups excluding carboxylic acids is 2. The molecule has 2 N–H and O–H groups in total. The first-order valence-corrected chi connectivity index (χ1v) is 10.1. The van der Waals surface area contributed by atoms with Crippen LogP contribution in [-0.4, -0.2) is 54.5 Å². The molecule has 1 aliphatic rings. The van der Waals surface area contributed by atoms with Crippen LogP contribution in [0.1, 0.15) is 22.7 Å². The van der Waals surface area contributed by atoms with Crippen molar-refractivity contribution < 1.29 is 19.2 Å². The minimum absolute atomic E-state index is 0.0148. The summed E-state index contributed by atoms with van der Waals surface area (Å²) >= 11 is 0. The Bertz CT molecular complexity index is 955. The van der Waals surface area contributed by atoms with E-state index in [1.807, 2.05) is 31.2 Å². The number of hydrogen-bond donors (Lipinski definition) is 2. The van der Waals surface area contributed by atoms with Gasteiger partial charge < -0.3 is 15.4 Å². The van der Waals surface area contributed by atoms with Crippen molar-refractivity contribution in [2.75, 3.05) is 38.2 Å². The minimum Gasteiger partial charge on any atom is -0.379 e. The number of carbonyl (C=O) groups is 2. The van der Waals surface area contributed by atoms with Gasteiger partial charge in [-0.3, -0.25) is 24.6 Å². The minimum atomic E-state index is -0.948. The molecule has 9 nitrogen and oxygen atoms in total. The molecule has 2 aromatic rings. The summed E-state index contributed by atoms with van der Waals surface area (Å²) in [7, 11) is 0. The van der Waals surface area contributed by atoms with E-state index in [4.69, 9.17) is 4.74 Å². The third-order valence-electron chi connectivity index (χ3n) is 5.21. The molecule has 9 heteroatoms. The molecule has 0 aliphatic carbocycles. The Morgan fingerprint density at radius 2 is 1.71 bits per heavy atom. The number of anilines is 1. The highest BCUT2D eigenvalue weighted by Crippen LogP contribution is 2.25. The van der Waals surface area contributed by atoms with Gasteiger partial charge in [0, 0.05) is 25.7 Å². The molecule has 31 heavy (non-hydrogen) atoms. The summed E-state index contributed by atoms with van der Waals surface area (Å²) < 4.78 is 5.43. The van der Waals surface area contributed by atoms with Crippen LogP contribution >= 0.6 is 0 Å². The Morgan fingerprint density at radius 1 is 1.06 bits per heavy atom. The van der Waals surface area contributed by atoms with E-state index in [0.29, 0.717) is 18.8 Å². The van der Waals surface area contributed by atoms with Crippen LogP contribution in [0.5, 0.6) is 0 Å². The van der Waals surface area contributed by atoms with Crippen LogP contribution in [0.4, 0.5) is 11.4 Å². The lowest BCUT2D eigenvalue weighted by Gasteiger charge is -2.35. The van der Waals surface area contributed by atoms with Gasteiger partial charge in [-0.2, -0.15) is 0 Å². The Morgan fingerprint density at radius 3 is 2.35 bits per heavy atom. The topological polar surface area (TPSA) is 114 Å². The van der Waals surface area contributed by atoms with E-state index < -0.39 is 16.7 Å². The van der Waals surface area contributed by atoms with Gasteiger partial charge >= 0.3 is 11.8 Å². The number of rotatable bonds is 6. The summed E-state index contributed by atoms with van der Waals surface area (Å²) in [5.41, 5.74) is 2.57. The maximum Gasteiger partial charge on any atom is 0.313 e. The maximum absolute atomic E-state index is 12.4. The van der Waals surface area contributed by atoms with Crippen molar-refractivity contribution in [3.63, 3.8) is 0 Å². The molecule has 2 amide bonds. The SMILES string of the molecule is Cc1ccc([C@@H](CNC(=O)C(=O)Nc2ccc(C)cc2[N+](=O)[O-])N2CCOCC2)cc1. The van der Waals surface area contributed by atoms with Gasteiger partial charge in [0.15, 0.2) is 0 Å². The summed E-state index contributed by atoms with van der Waals surface area (Å²) in [5.74, 6) is -1.79. The van der Waals surface area contributed by atoms with Crippen LogP contribution in [0, 0.1) is 24.0 Å². The molecule has 1 atom stereocenters. The third-order valence-corrected chi connectivity index (χ3v) is 5.21. The smallest absolute Gasteiger partial charge is 0.313 e. The van der Waals surface area contributed by atoms with E-state index >= 15 is 0 Å². The predicted octanol–water partition coefficient (Wildman–Crippen LogP) is 2.34. The van der Waals surface area contributed by atoms with Crippen LogP contribution in [0.3, 0.4) is 0 Å². The van der Waals surface area contributed by atoms with Gasteiger partial charge in [-0.15, -0.1) is 0 Å². The zero-order valence-corrected chi connectivity index (χ0v) is 17.6. The van der Waals surface area contributed by atoms with Gasteiger partial charge in [0.05, 0.1) is 24.2 Å². The molecule has 0 bridgehead atoms. The Balaban J connectivity index is 1.68. The molecule has 1 aliphatic heterocycles. The highest BCUT2D eigenvalue weighted by Gasteiger charge is 2.25. The number of nitrogens with one attached hydrogen (secondary N) is 2. The molecule has 2 aromatic carbocycles. The van der Waals surface area contributed by atoms with Gasteiger partial charge in [-0.1, -0.05) is 35.9 Å². The number of benzene rings is 2. The summed E-state index contributed by atoms with van der Waals surface area (Å²) in [6.07, 6.45) is 0. The molecule has 3 rings (SSSR count). The normalized spacial score (nSPS) is 15.2. The van der Waals surface area contributed by atoms with Crippen molar-refractivity contribution >= 4 is 23.2 Å². The molecule has 0 aromatic heterocycles. The quantitative estimate of drug-likeness (QED) is 0.416. The zero-order chi connectivity index (χ0) is 22.4. The molecule has 0 unspecified atom stereocenters. The first-order chi connectivity index (χ1) is 14.8. The molecule has 1 saturated heterocycles. The summed E-state index contributed by atoms with van der Waals surface area (Å²) in [6, 6.07) is 12.3. The van der Waals surface area contributed by atoms with Crippen LogP contribution in [-0.2, 0) is 14.3 Å². The first kappa shape index (κ1) is 22.4. The Hall–Kier alpha value is -3.30. The van der Waals surface area contributed by atoms with E-state index in [9.17, 15) is 19.7 Å². The number of morpholine rings is 1. The average molecular weight is 426 g/mol. The fourth-order valence-corrected chi connectivity index (χ4v) is 3.48. The fraction of sp³-hybridized carbons (Fsp3) is 0.364. The van der Waals surface area contributed by atoms with Crippen LogP contribution in [0.2, 0.25) is 0 Å². The lowest BCUT2D eigenvalue weighted by atomic mass is 10.0. The van der Waals surface area contributed by atoms with Crippen LogP contribution in [0.25, 0.3) is 0 Å². The van der Waals surface area contributed by atoms with Crippen molar-refractivity contribution in [2.45, 2.75) is 19.9 Å². The molecule has 1 heterocycles. The maximum atomic E-state index is 12.4. The fourth-order valence-electron chi connectivity index (χ4n) is 3.48. The van der Waals surface area contributed by atoms with Gasteiger partial charge in [-0.25, -0.2) is 0 Å². The predicted molar refractivity (Wildman–Crippen MR) is 116 cm³/mol. The number of ether oxygens (including phenoxy) is 1. The number of nitro groups is 1. The van der Waals surface area contributed by atoms with Crippen molar-refractivity contribution in [1.29, 1.82) is 0 Å². The van der Waals surface area contributed by atoms with E-state index in [-0.39, 0.29) is 24.0 Å². The number of nitrogens with zero attached hydrogens (tertiary/aromatic N) is 2. The van der Waals surface area contributed by atoms with E-state index in [0.717, 1.165) is 24.2 Å². The van der Waals surface area contributed by atoms with Crippen LogP contribution in [0.15, 0.2) is 42.5 Å². The van der Waals surface area contributed by atoms with Crippen molar-refractivity contribution in [2.24, 2.45) is 0 Å². The Kier molecular flexibility index (Phi) is 7.32. The highest BCUT2D eigenvalue weighted by molar-refractivity contribution is 6.39. The summed E-state index contributed by atoms with van der Waals surface area (Å²) in [6.45, 7) is 6.59. The molecule has 0 spiro atoms. The van der Waals surface area contributed by atoms with Gasteiger partial charge in [0.1, 0.15) is 5.69 Å². The zero-order valence-electron chi connectivity index (χ0n) is 17.6. The second-order valence-electron chi connectivity index (χ2n) is 7.52. The first-order valence-electron chi connectivity index (χ1n) is 10.1. The van der Waals surface area contributed by atoms with Crippen LogP contribution < -0.4 is 10.6 Å². The van der Waals surface area contributed by atoms with Crippen molar-refractivity contribution in [3.8, 4) is 0 Å². The average Bonchev–Trinajstić information content (AvgIpc) is 2.76. The Labute approximate surface area is 180 Å². The second kappa shape index (κ2) is 10.1. The molecular weight excluding hydrogens is 400 g/mol. The summed E-state index contributed by atoms with van der Waals surface area (Å²) in [4.78, 5) is 37.6. The van der Waals surface area contributed by atoms with Gasteiger partial charge in [0.2, 0.25) is 0 Å². The molecule has 0 saturated carbocycles.